The molecule has 0 amide bonds. The highest BCUT2D eigenvalue weighted by Gasteiger charge is 2.43. The zero-order valence-corrected chi connectivity index (χ0v) is 89.2. The molecule has 6 atom stereocenters. The second-order valence-electron chi connectivity index (χ2n) is 45.9. The second-order valence-corrected chi connectivity index (χ2v) is 53.2. The SMILES string of the molecule is CC(C)(C)c1cc(CSC2CCCCCC[C@@H]2SCc2cc(C(C)(C)C)cc(C3(c4ccccc4)CCCCC3)c2O)c(O)c(C2(c3ccccc3)CCCCC2)c1.Cc1cc(C(C)(C)C)cc(CSC2CCCCCC[C@@H]2SCc2cc(C(C)(C)C)cc(C)c2O)c1O.Cc1cc(C(C)(C)C)cc(CSC2CCCCCC[C@@H]2SCc2cc(C(C)(C)C)cc(C)c2O)c1O. The first-order valence-corrected chi connectivity index (χ1v) is 56.5. The van der Waals surface area contributed by atoms with Crippen molar-refractivity contribution in [3.8, 4) is 34.5 Å². The molecular formula is C118H168O6S6. The fourth-order valence-electron chi connectivity index (χ4n) is 20.6. The summed E-state index contributed by atoms with van der Waals surface area (Å²) in [5.74, 6) is 7.97. The van der Waals surface area contributed by atoms with Gasteiger partial charge in [0.1, 0.15) is 34.5 Å². The van der Waals surface area contributed by atoms with E-state index in [1.807, 2.05) is 74.7 Å². The van der Waals surface area contributed by atoms with Crippen molar-refractivity contribution >= 4 is 70.6 Å². The van der Waals surface area contributed by atoms with Gasteiger partial charge in [0.25, 0.3) is 0 Å². The van der Waals surface area contributed by atoms with Crippen molar-refractivity contribution in [2.24, 2.45) is 0 Å². The van der Waals surface area contributed by atoms with Crippen molar-refractivity contribution in [1.29, 1.82) is 0 Å². The maximum absolute atomic E-state index is 12.4. The van der Waals surface area contributed by atoms with Crippen LogP contribution in [0, 0.1) is 27.7 Å². The average Bonchev–Trinajstić information content (AvgIpc) is 0.748. The number of phenolic OH excluding ortho intramolecular Hbond substituents is 6. The molecule has 712 valence electrons. The lowest BCUT2D eigenvalue weighted by atomic mass is 9.64. The third-order valence-corrected chi connectivity index (χ3v) is 38.7. The molecule has 6 nitrogen and oxygen atoms in total. The average molecular weight is 1880 g/mol. The molecule has 0 saturated heterocycles. The Balaban J connectivity index is 0.000000198. The molecule has 5 saturated carbocycles. The fourth-order valence-corrected chi connectivity index (χ4v) is 29.8. The molecule has 6 N–H and O–H groups in total. The maximum atomic E-state index is 12.4. The van der Waals surface area contributed by atoms with Crippen LogP contribution in [0.1, 0.15) is 416 Å². The molecule has 130 heavy (non-hydrogen) atoms. The van der Waals surface area contributed by atoms with Crippen molar-refractivity contribution in [1.82, 2.24) is 0 Å². The highest BCUT2D eigenvalue weighted by atomic mass is 32.2. The zero-order valence-electron chi connectivity index (χ0n) is 84.3. The number of benzene rings is 8. The van der Waals surface area contributed by atoms with Crippen LogP contribution in [0.3, 0.4) is 0 Å². The lowest BCUT2D eigenvalue weighted by Gasteiger charge is -2.40. The summed E-state index contributed by atoms with van der Waals surface area (Å²) < 4.78 is 0. The Morgan fingerprint density at radius 2 is 0.408 bits per heavy atom. The summed E-state index contributed by atoms with van der Waals surface area (Å²) in [6.45, 7) is 48.9. The van der Waals surface area contributed by atoms with E-state index in [4.69, 9.17) is 0 Å². The van der Waals surface area contributed by atoms with Crippen LogP contribution in [0.5, 0.6) is 34.5 Å². The molecule has 0 heterocycles. The summed E-state index contributed by atoms with van der Waals surface area (Å²) in [5, 5.41) is 71.4. The largest absolute Gasteiger partial charge is 0.507 e. The van der Waals surface area contributed by atoms with Gasteiger partial charge in [0.05, 0.1) is 0 Å². The minimum Gasteiger partial charge on any atom is -0.507 e. The van der Waals surface area contributed by atoms with Gasteiger partial charge in [-0.25, -0.2) is 0 Å². The quantitative estimate of drug-likeness (QED) is 0.0388. The summed E-state index contributed by atoms with van der Waals surface area (Å²) >= 11 is 12.3. The van der Waals surface area contributed by atoms with Gasteiger partial charge in [0.15, 0.2) is 0 Å². The standard InChI is InChI=1S/C54H72O2S2.2C32H48O2S2/c1-51(2,3)43-33-39(49(55)45(35-43)53(29-19-11-20-30-53)41-23-13-9-14-24-41)37-57-47-27-17-7-8-18-28-48(47)58-38-40-34-44(52(4,5)6)36-46(50(40)56)54(31-21-12-22-32-54)42-25-15-10-16-26-42;2*1-21-15-25(31(3,4)5)17-23(29(21)33)19-35-27-13-11-9-10-12-14-28(27)36-20-24-18-26(32(6,7)8)16-22(2)30(24)34/h9-10,13-16,23-26,33-36,47-48,55-56H,7-8,11-12,17-22,27-32,37-38H2,1-6H3;2*15-18,27-28,33-34H,9-14,19-20H2,1-8H3/t47-,48?;2*27-,28?/m000/s1. The van der Waals surface area contributed by atoms with Crippen LogP contribution in [0.2, 0.25) is 0 Å². The number of hydrogen-bond acceptors (Lipinski definition) is 12. The highest BCUT2D eigenvalue weighted by Crippen LogP contribution is 2.55. The van der Waals surface area contributed by atoms with Crippen LogP contribution in [-0.2, 0) is 77.8 Å². The molecule has 3 unspecified atom stereocenters. The van der Waals surface area contributed by atoms with Gasteiger partial charge in [-0.3, -0.25) is 0 Å². The van der Waals surface area contributed by atoms with E-state index in [0.717, 1.165) is 127 Å². The van der Waals surface area contributed by atoms with E-state index in [0.29, 0.717) is 66.0 Å². The number of phenols is 6. The first-order valence-electron chi connectivity index (χ1n) is 50.2. The molecule has 5 aliphatic carbocycles. The van der Waals surface area contributed by atoms with Gasteiger partial charge in [-0.05, 0) is 191 Å². The van der Waals surface area contributed by atoms with Crippen molar-refractivity contribution < 1.29 is 30.6 Å². The van der Waals surface area contributed by atoms with Crippen LogP contribution in [-0.4, -0.2) is 62.1 Å². The summed E-state index contributed by atoms with van der Waals surface area (Å²) in [6.07, 6.45) is 34.6. The predicted octanol–water partition coefficient (Wildman–Crippen LogP) is 34.6. The number of rotatable bonds is 22. The first kappa shape index (κ1) is 105. The van der Waals surface area contributed by atoms with Crippen molar-refractivity contribution in [3.63, 3.8) is 0 Å². The van der Waals surface area contributed by atoms with Crippen molar-refractivity contribution in [2.45, 2.75) is 441 Å². The molecule has 5 fully saturated rings. The molecule has 0 aliphatic heterocycles. The minimum atomic E-state index is -0.151. The summed E-state index contributed by atoms with van der Waals surface area (Å²) in [4.78, 5) is 0. The molecule has 5 aliphatic rings. The number of hydrogen-bond donors (Lipinski definition) is 6. The molecule has 0 bridgehead atoms. The molecule has 0 aromatic heterocycles. The van der Waals surface area contributed by atoms with E-state index in [2.05, 4.69) is 282 Å². The summed E-state index contributed by atoms with van der Waals surface area (Å²) in [6, 6.07) is 49.0. The van der Waals surface area contributed by atoms with Gasteiger partial charge in [0, 0.05) is 121 Å². The second kappa shape index (κ2) is 46.2. The lowest BCUT2D eigenvalue weighted by Crippen LogP contribution is -2.31. The van der Waals surface area contributed by atoms with Gasteiger partial charge >= 0.3 is 0 Å². The van der Waals surface area contributed by atoms with Crippen LogP contribution in [0.15, 0.2) is 133 Å². The summed E-state index contributed by atoms with van der Waals surface area (Å²) in [7, 11) is 0. The zero-order chi connectivity index (χ0) is 94.3. The first-order chi connectivity index (χ1) is 61.4. The molecule has 0 spiro atoms. The third kappa shape index (κ3) is 27.8. The van der Waals surface area contributed by atoms with E-state index in [1.54, 1.807) is 0 Å². The number of aromatic hydroxyl groups is 6. The molecule has 0 radical (unpaired) electrons. The molecule has 8 aromatic carbocycles. The maximum Gasteiger partial charge on any atom is 0.123 e. The third-order valence-electron chi connectivity index (χ3n) is 29.3. The highest BCUT2D eigenvalue weighted by molar-refractivity contribution is 8.04. The summed E-state index contributed by atoms with van der Waals surface area (Å²) in [5.41, 5.74) is 23.2. The Kier molecular flexibility index (Phi) is 37.4. The smallest absolute Gasteiger partial charge is 0.123 e. The van der Waals surface area contributed by atoms with Gasteiger partial charge in [-0.2, -0.15) is 70.6 Å². The van der Waals surface area contributed by atoms with Gasteiger partial charge in [0.2, 0.25) is 0 Å². The van der Waals surface area contributed by atoms with E-state index in [1.165, 1.54) is 199 Å². The van der Waals surface area contributed by atoms with Gasteiger partial charge in [-0.15, -0.1) is 0 Å². The number of thioether (sulfide) groups is 6. The van der Waals surface area contributed by atoms with E-state index in [9.17, 15) is 30.6 Å². The topological polar surface area (TPSA) is 121 Å². The monoisotopic (exact) mass is 1870 g/mol. The van der Waals surface area contributed by atoms with E-state index < -0.39 is 0 Å². The number of aryl methyl sites for hydroxylation is 4. The Labute approximate surface area is 815 Å². The molecule has 13 rings (SSSR count). The van der Waals surface area contributed by atoms with Gasteiger partial charge < -0.3 is 30.6 Å². The van der Waals surface area contributed by atoms with Crippen LogP contribution in [0.25, 0.3) is 0 Å². The Morgan fingerprint density at radius 1 is 0.231 bits per heavy atom. The Bertz CT molecular complexity index is 4480. The van der Waals surface area contributed by atoms with Crippen molar-refractivity contribution in [2.75, 3.05) is 0 Å². The van der Waals surface area contributed by atoms with E-state index >= 15 is 0 Å². The van der Waals surface area contributed by atoms with Gasteiger partial charge in [-0.1, -0.05) is 374 Å². The lowest BCUT2D eigenvalue weighted by molar-refractivity contribution is 0.331. The predicted molar refractivity (Wildman–Crippen MR) is 574 cm³/mol. The van der Waals surface area contributed by atoms with Crippen LogP contribution >= 0.6 is 70.6 Å². The normalized spacial score (nSPS) is 20.5. The molecule has 8 aromatic rings. The van der Waals surface area contributed by atoms with Crippen LogP contribution in [0.4, 0.5) is 0 Å². The van der Waals surface area contributed by atoms with Crippen molar-refractivity contribution in [3.05, 3.63) is 245 Å². The molecular weight excluding hydrogens is 1710 g/mol. The molecule has 12 heteroatoms. The Hall–Kier alpha value is -5.34. The van der Waals surface area contributed by atoms with Crippen LogP contribution < -0.4 is 0 Å². The minimum absolute atomic E-state index is 0.0216. The fraction of sp³-hybridized carbons (Fsp3) is 0.593. The van der Waals surface area contributed by atoms with E-state index in [-0.39, 0.29) is 43.3 Å². The Morgan fingerprint density at radius 3 is 0.600 bits per heavy atom.